The van der Waals surface area contributed by atoms with Crippen LogP contribution in [0.4, 0.5) is 0 Å². The minimum absolute atomic E-state index is 0.0789. The monoisotopic (exact) mass is 396 g/mol. The highest BCUT2D eigenvalue weighted by molar-refractivity contribution is 6.06. The van der Waals surface area contributed by atoms with Gasteiger partial charge < -0.3 is 14.2 Å². The van der Waals surface area contributed by atoms with Crippen LogP contribution in [0.25, 0.3) is 6.08 Å². The van der Waals surface area contributed by atoms with Gasteiger partial charge in [-0.1, -0.05) is 6.08 Å². The zero-order valence-corrected chi connectivity index (χ0v) is 18.8. The molecular weight excluding hydrogens is 364 g/mol. The van der Waals surface area contributed by atoms with Gasteiger partial charge in [-0.05, 0) is 96.5 Å². The van der Waals surface area contributed by atoms with Gasteiger partial charge in [-0.25, -0.2) is 0 Å². The van der Waals surface area contributed by atoms with Crippen molar-refractivity contribution in [1.29, 1.82) is 0 Å². The molecule has 0 saturated heterocycles. The molecule has 0 aromatic heterocycles. The Morgan fingerprint density at radius 2 is 1.34 bits per heavy atom. The van der Waals surface area contributed by atoms with E-state index in [2.05, 4.69) is 0 Å². The van der Waals surface area contributed by atoms with Crippen LogP contribution in [-0.2, 0) is 0 Å². The smallest absolute Gasteiger partial charge is 0.185 e. The molecule has 4 heteroatoms. The Hall–Kier alpha value is -2.75. The lowest BCUT2D eigenvalue weighted by molar-refractivity contribution is 0.104. The Kier molecular flexibility index (Phi) is 6.78. The third kappa shape index (κ3) is 6.97. The molecule has 0 radical (unpaired) electrons. The first kappa shape index (κ1) is 22.5. The molecule has 0 amide bonds. The van der Waals surface area contributed by atoms with Crippen LogP contribution in [-0.4, -0.2) is 24.1 Å². The summed E-state index contributed by atoms with van der Waals surface area (Å²) in [5, 5.41) is 0. The number of methoxy groups -OCH3 is 1. The second-order valence-electron chi connectivity index (χ2n) is 9.00. The molecule has 29 heavy (non-hydrogen) atoms. The number of ether oxygens (including phenoxy) is 3. The Balaban J connectivity index is 2.36. The normalized spacial score (nSPS) is 12.1. The average molecular weight is 397 g/mol. The topological polar surface area (TPSA) is 44.8 Å². The summed E-state index contributed by atoms with van der Waals surface area (Å²) in [7, 11) is 1.60. The van der Waals surface area contributed by atoms with Crippen molar-refractivity contribution in [2.75, 3.05) is 7.11 Å². The maximum atomic E-state index is 12.5. The fourth-order valence-electron chi connectivity index (χ4n) is 2.67. The second-order valence-corrected chi connectivity index (χ2v) is 9.00. The molecule has 0 aliphatic carbocycles. The van der Waals surface area contributed by atoms with E-state index >= 15 is 0 Å². The molecule has 156 valence electrons. The first-order valence-electron chi connectivity index (χ1n) is 9.77. The zero-order valence-electron chi connectivity index (χ0n) is 18.8. The predicted octanol–water partition coefficient (Wildman–Crippen LogP) is 6.25. The van der Waals surface area contributed by atoms with Gasteiger partial charge in [0.2, 0.25) is 0 Å². The lowest BCUT2D eigenvalue weighted by Gasteiger charge is -2.27. The van der Waals surface area contributed by atoms with Gasteiger partial charge in [-0.15, -0.1) is 0 Å². The van der Waals surface area contributed by atoms with Crippen LogP contribution < -0.4 is 14.2 Å². The molecule has 2 rings (SSSR count). The Labute approximate surface area is 174 Å². The molecule has 0 unspecified atom stereocenters. The summed E-state index contributed by atoms with van der Waals surface area (Å²) in [5.41, 5.74) is 1.70. The summed E-state index contributed by atoms with van der Waals surface area (Å²) in [6, 6.07) is 10.9. The van der Waals surface area contributed by atoms with E-state index in [4.69, 9.17) is 14.2 Å². The van der Waals surface area contributed by atoms with Crippen molar-refractivity contribution < 1.29 is 19.0 Å². The second kappa shape index (κ2) is 8.73. The largest absolute Gasteiger partial charge is 0.497 e. The predicted molar refractivity (Wildman–Crippen MR) is 118 cm³/mol. The van der Waals surface area contributed by atoms with E-state index in [0.29, 0.717) is 5.56 Å². The standard InChI is InChI=1S/C25H32O4/c1-17-22(28-24(2,3)4)15-18(16-23(17)29-25(5,6)7)9-14-21(26)19-10-12-20(27-8)13-11-19/h9-16H,1-8H3. The van der Waals surface area contributed by atoms with Gasteiger partial charge in [0, 0.05) is 11.1 Å². The van der Waals surface area contributed by atoms with Crippen LogP contribution in [0.3, 0.4) is 0 Å². The van der Waals surface area contributed by atoms with Crippen LogP contribution in [0.2, 0.25) is 0 Å². The quantitative estimate of drug-likeness (QED) is 0.427. The van der Waals surface area contributed by atoms with E-state index in [1.54, 1.807) is 43.5 Å². The van der Waals surface area contributed by atoms with Crippen molar-refractivity contribution in [2.24, 2.45) is 0 Å². The van der Waals surface area contributed by atoms with Crippen LogP contribution >= 0.6 is 0 Å². The lowest BCUT2D eigenvalue weighted by Crippen LogP contribution is -2.25. The van der Waals surface area contributed by atoms with Crippen LogP contribution in [0, 0.1) is 6.92 Å². The number of carbonyl (C=O) groups excluding carboxylic acids is 1. The van der Waals surface area contributed by atoms with Gasteiger partial charge >= 0.3 is 0 Å². The number of allylic oxidation sites excluding steroid dienone is 1. The average Bonchev–Trinajstić information content (AvgIpc) is 2.61. The highest BCUT2D eigenvalue weighted by Crippen LogP contribution is 2.34. The SMILES string of the molecule is COc1ccc(C(=O)C=Cc2cc(OC(C)(C)C)c(C)c(OC(C)(C)C)c2)cc1. The van der Waals surface area contributed by atoms with Gasteiger partial charge in [0.15, 0.2) is 5.78 Å². The van der Waals surface area contributed by atoms with Crippen molar-refractivity contribution in [3.63, 3.8) is 0 Å². The van der Waals surface area contributed by atoms with Gasteiger partial charge in [0.05, 0.1) is 7.11 Å². The lowest BCUT2D eigenvalue weighted by atomic mass is 10.1. The van der Waals surface area contributed by atoms with Crippen molar-refractivity contribution in [3.05, 3.63) is 59.2 Å². The summed E-state index contributed by atoms with van der Waals surface area (Å²) in [6.45, 7) is 14.0. The van der Waals surface area contributed by atoms with Crippen molar-refractivity contribution in [2.45, 2.75) is 59.7 Å². The van der Waals surface area contributed by atoms with Crippen LogP contribution in [0.1, 0.15) is 63.0 Å². The molecule has 0 aliphatic rings. The minimum atomic E-state index is -0.342. The number of carbonyl (C=O) groups is 1. The summed E-state index contributed by atoms with van der Waals surface area (Å²) in [6.07, 6.45) is 3.35. The van der Waals surface area contributed by atoms with E-state index in [0.717, 1.165) is 28.4 Å². The Morgan fingerprint density at radius 3 is 1.76 bits per heavy atom. The number of ketones is 1. The van der Waals surface area contributed by atoms with Crippen molar-refractivity contribution in [1.82, 2.24) is 0 Å². The minimum Gasteiger partial charge on any atom is -0.497 e. The van der Waals surface area contributed by atoms with E-state index in [1.165, 1.54) is 0 Å². The van der Waals surface area contributed by atoms with Crippen molar-refractivity contribution >= 4 is 11.9 Å². The molecule has 0 aliphatic heterocycles. The van der Waals surface area contributed by atoms with Gasteiger partial charge in [0.1, 0.15) is 28.5 Å². The summed E-state index contributed by atoms with van der Waals surface area (Å²) in [5.74, 6) is 2.13. The summed E-state index contributed by atoms with van der Waals surface area (Å²) in [4.78, 5) is 12.5. The highest BCUT2D eigenvalue weighted by Gasteiger charge is 2.19. The third-order valence-corrected chi connectivity index (χ3v) is 3.97. The Bertz CT molecular complexity index is 842. The zero-order chi connectivity index (χ0) is 21.8. The number of hydrogen-bond acceptors (Lipinski definition) is 4. The van der Waals surface area contributed by atoms with Crippen LogP contribution in [0.15, 0.2) is 42.5 Å². The first-order chi connectivity index (χ1) is 13.4. The molecule has 4 nitrogen and oxygen atoms in total. The van der Waals surface area contributed by atoms with Gasteiger partial charge in [0.25, 0.3) is 0 Å². The van der Waals surface area contributed by atoms with E-state index < -0.39 is 0 Å². The fraction of sp³-hybridized carbons (Fsp3) is 0.400. The summed E-state index contributed by atoms with van der Waals surface area (Å²) >= 11 is 0. The number of rotatable bonds is 6. The molecule has 0 heterocycles. The number of hydrogen-bond donors (Lipinski definition) is 0. The molecular formula is C25H32O4. The molecule has 2 aromatic rings. The van der Waals surface area contributed by atoms with Crippen LogP contribution in [0.5, 0.6) is 17.2 Å². The summed E-state index contributed by atoms with van der Waals surface area (Å²) < 4.78 is 17.4. The van der Waals surface area contributed by atoms with E-state index in [-0.39, 0.29) is 17.0 Å². The van der Waals surface area contributed by atoms with Crippen molar-refractivity contribution in [3.8, 4) is 17.2 Å². The Morgan fingerprint density at radius 1 is 0.862 bits per heavy atom. The maximum Gasteiger partial charge on any atom is 0.185 e. The molecule has 0 bridgehead atoms. The van der Waals surface area contributed by atoms with Gasteiger partial charge in [-0.3, -0.25) is 4.79 Å². The molecule has 0 saturated carbocycles. The first-order valence-corrected chi connectivity index (χ1v) is 9.77. The highest BCUT2D eigenvalue weighted by atomic mass is 16.5. The molecule has 0 spiro atoms. The van der Waals surface area contributed by atoms with Gasteiger partial charge in [-0.2, -0.15) is 0 Å². The molecule has 0 N–H and O–H groups in total. The van der Waals surface area contributed by atoms with E-state index in [1.807, 2.05) is 60.6 Å². The third-order valence-electron chi connectivity index (χ3n) is 3.97. The van der Waals surface area contributed by atoms with E-state index in [9.17, 15) is 4.79 Å². The molecule has 0 fully saturated rings. The molecule has 2 aromatic carbocycles. The maximum absolute atomic E-state index is 12.5. The number of benzene rings is 2. The molecule has 0 atom stereocenters. The fourth-order valence-corrected chi connectivity index (χ4v) is 2.67.